The van der Waals surface area contributed by atoms with Gasteiger partial charge >= 0.3 is 0 Å². The first-order valence-electron chi connectivity index (χ1n) is 7.74. The summed E-state index contributed by atoms with van der Waals surface area (Å²) >= 11 is 0. The Hall–Kier alpha value is -2.28. The Labute approximate surface area is 132 Å². The molecule has 3 aromatic carbocycles. The van der Waals surface area contributed by atoms with Gasteiger partial charge in [0.1, 0.15) is 12.4 Å². The Morgan fingerprint density at radius 2 is 1.45 bits per heavy atom. The van der Waals surface area contributed by atoms with Crippen molar-refractivity contribution in [1.29, 1.82) is 0 Å². The molecule has 1 nitrogen and oxygen atoms in total. The van der Waals surface area contributed by atoms with Gasteiger partial charge in [-0.05, 0) is 39.4 Å². The number of benzene rings is 3. The number of ether oxygens (including phenoxy) is 1. The highest BCUT2D eigenvalue weighted by atomic mass is 16.5. The average Bonchev–Trinajstić information content (AvgIpc) is 2.52. The van der Waals surface area contributed by atoms with Crippen LogP contribution in [0.5, 0.6) is 5.75 Å². The molecule has 0 spiro atoms. The van der Waals surface area contributed by atoms with Gasteiger partial charge in [0.15, 0.2) is 0 Å². The summed E-state index contributed by atoms with van der Waals surface area (Å²) in [6.45, 7) is 7.26. The second-order valence-corrected chi connectivity index (χ2v) is 6.70. The van der Waals surface area contributed by atoms with Crippen LogP contribution >= 0.6 is 0 Å². The van der Waals surface area contributed by atoms with E-state index in [-0.39, 0.29) is 5.41 Å². The summed E-state index contributed by atoms with van der Waals surface area (Å²) in [5.41, 5.74) is 2.72. The Morgan fingerprint density at radius 1 is 0.773 bits per heavy atom. The standard InChI is InChI=1S/C21H22O/c1-21(2,3)18-11-13-19(14-12-18)22-15-17-9-6-8-16-7-4-5-10-20(16)17/h4-14H,15H2,1-3H3. The van der Waals surface area contributed by atoms with E-state index in [0.29, 0.717) is 6.61 Å². The third-order valence-corrected chi connectivity index (χ3v) is 3.99. The predicted octanol–water partition coefficient (Wildman–Crippen LogP) is 5.72. The van der Waals surface area contributed by atoms with Crippen molar-refractivity contribution in [2.24, 2.45) is 0 Å². The van der Waals surface area contributed by atoms with Crippen LogP contribution in [0.2, 0.25) is 0 Å². The molecule has 0 bridgehead atoms. The highest BCUT2D eigenvalue weighted by Crippen LogP contribution is 2.25. The first-order valence-corrected chi connectivity index (χ1v) is 7.74. The fourth-order valence-corrected chi connectivity index (χ4v) is 2.63. The van der Waals surface area contributed by atoms with E-state index in [0.717, 1.165) is 5.75 Å². The molecule has 0 N–H and O–H groups in total. The molecule has 0 saturated carbocycles. The molecule has 0 radical (unpaired) electrons. The Kier molecular flexibility index (Phi) is 3.89. The third kappa shape index (κ3) is 3.14. The SMILES string of the molecule is CC(C)(C)c1ccc(OCc2cccc3ccccc23)cc1. The van der Waals surface area contributed by atoms with Crippen LogP contribution in [0.4, 0.5) is 0 Å². The van der Waals surface area contributed by atoms with Gasteiger partial charge in [0.2, 0.25) is 0 Å². The smallest absolute Gasteiger partial charge is 0.119 e. The summed E-state index contributed by atoms with van der Waals surface area (Å²) in [5, 5.41) is 2.52. The summed E-state index contributed by atoms with van der Waals surface area (Å²) < 4.78 is 5.97. The zero-order valence-corrected chi connectivity index (χ0v) is 13.5. The van der Waals surface area contributed by atoms with Gasteiger partial charge in [0.25, 0.3) is 0 Å². The maximum Gasteiger partial charge on any atom is 0.119 e. The predicted molar refractivity (Wildman–Crippen MR) is 93.4 cm³/mol. The van der Waals surface area contributed by atoms with Crippen LogP contribution < -0.4 is 4.74 Å². The molecule has 0 aliphatic heterocycles. The highest BCUT2D eigenvalue weighted by molar-refractivity contribution is 5.85. The fraction of sp³-hybridized carbons (Fsp3) is 0.238. The molecule has 0 saturated heterocycles. The van der Waals surface area contributed by atoms with Crippen molar-refractivity contribution in [2.75, 3.05) is 0 Å². The van der Waals surface area contributed by atoms with Gasteiger partial charge in [0, 0.05) is 0 Å². The van der Waals surface area contributed by atoms with Gasteiger partial charge in [-0.2, -0.15) is 0 Å². The van der Waals surface area contributed by atoms with Crippen molar-refractivity contribution >= 4 is 10.8 Å². The van der Waals surface area contributed by atoms with Gasteiger partial charge in [0.05, 0.1) is 0 Å². The third-order valence-electron chi connectivity index (χ3n) is 3.99. The van der Waals surface area contributed by atoms with E-state index in [2.05, 4.69) is 87.5 Å². The monoisotopic (exact) mass is 290 g/mol. The van der Waals surface area contributed by atoms with E-state index in [1.165, 1.54) is 21.9 Å². The lowest BCUT2D eigenvalue weighted by molar-refractivity contribution is 0.307. The molecule has 112 valence electrons. The maximum atomic E-state index is 5.97. The van der Waals surface area contributed by atoms with Gasteiger partial charge in [-0.1, -0.05) is 75.4 Å². The lowest BCUT2D eigenvalue weighted by Gasteiger charge is -2.19. The lowest BCUT2D eigenvalue weighted by atomic mass is 9.87. The van der Waals surface area contributed by atoms with Crippen LogP contribution in [0.25, 0.3) is 10.8 Å². The molecule has 3 aromatic rings. The number of hydrogen-bond acceptors (Lipinski definition) is 1. The summed E-state index contributed by atoms with van der Waals surface area (Å²) in [7, 11) is 0. The minimum atomic E-state index is 0.175. The van der Waals surface area contributed by atoms with E-state index < -0.39 is 0 Å². The quantitative estimate of drug-likeness (QED) is 0.599. The molecule has 3 rings (SSSR count). The largest absolute Gasteiger partial charge is 0.489 e. The van der Waals surface area contributed by atoms with Crippen LogP contribution in [-0.2, 0) is 12.0 Å². The first kappa shape index (κ1) is 14.6. The zero-order chi connectivity index (χ0) is 15.6. The molecule has 0 aliphatic rings. The molecule has 22 heavy (non-hydrogen) atoms. The summed E-state index contributed by atoms with van der Waals surface area (Å²) in [6, 6.07) is 23.2. The summed E-state index contributed by atoms with van der Waals surface area (Å²) in [4.78, 5) is 0. The minimum absolute atomic E-state index is 0.175. The highest BCUT2D eigenvalue weighted by Gasteiger charge is 2.13. The summed E-state index contributed by atoms with van der Waals surface area (Å²) in [6.07, 6.45) is 0. The Bertz CT molecular complexity index is 759. The van der Waals surface area contributed by atoms with Crippen LogP contribution in [0.3, 0.4) is 0 Å². The number of hydrogen-bond donors (Lipinski definition) is 0. The van der Waals surface area contributed by atoms with Crippen LogP contribution in [0.1, 0.15) is 31.9 Å². The Balaban J connectivity index is 1.77. The first-order chi connectivity index (χ1) is 10.5. The van der Waals surface area contributed by atoms with E-state index in [4.69, 9.17) is 4.74 Å². The van der Waals surface area contributed by atoms with Crippen molar-refractivity contribution in [3.05, 3.63) is 77.9 Å². The minimum Gasteiger partial charge on any atom is -0.489 e. The molecule has 0 aliphatic carbocycles. The summed E-state index contributed by atoms with van der Waals surface area (Å²) in [5.74, 6) is 0.918. The Morgan fingerprint density at radius 3 is 2.18 bits per heavy atom. The number of rotatable bonds is 3. The molecular weight excluding hydrogens is 268 g/mol. The zero-order valence-electron chi connectivity index (χ0n) is 13.5. The molecule has 0 fully saturated rings. The second-order valence-electron chi connectivity index (χ2n) is 6.70. The van der Waals surface area contributed by atoms with Crippen LogP contribution in [0, 0.1) is 0 Å². The van der Waals surface area contributed by atoms with E-state index in [9.17, 15) is 0 Å². The maximum absolute atomic E-state index is 5.97. The molecule has 0 aromatic heterocycles. The second kappa shape index (κ2) is 5.84. The molecular formula is C21H22O. The van der Waals surface area contributed by atoms with Crippen molar-refractivity contribution in [2.45, 2.75) is 32.8 Å². The van der Waals surface area contributed by atoms with E-state index in [1.807, 2.05) is 0 Å². The molecule has 0 atom stereocenters. The number of fused-ring (bicyclic) bond motifs is 1. The van der Waals surface area contributed by atoms with Crippen molar-refractivity contribution in [1.82, 2.24) is 0 Å². The molecule has 0 unspecified atom stereocenters. The topological polar surface area (TPSA) is 9.23 Å². The van der Waals surface area contributed by atoms with Crippen molar-refractivity contribution < 1.29 is 4.74 Å². The molecule has 1 heteroatoms. The van der Waals surface area contributed by atoms with Gasteiger partial charge in [-0.15, -0.1) is 0 Å². The van der Waals surface area contributed by atoms with Crippen LogP contribution in [-0.4, -0.2) is 0 Å². The van der Waals surface area contributed by atoms with Crippen LogP contribution in [0.15, 0.2) is 66.7 Å². The molecule has 0 amide bonds. The fourth-order valence-electron chi connectivity index (χ4n) is 2.63. The van der Waals surface area contributed by atoms with E-state index >= 15 is 0 Å². The van der Waals surface area contributed by atoms with Crippen molar-refractivity contribution in [3.8, 4) is 5.75 Å². The molecule has 0 heterocycles. The normalized spacial score (nSPS) is 11.6. The van der Waals surface area contributed by atoms with Gasteiger partial charge < -0.3 is 4.74 Å². The van der Waals surface area contributed by atoms with Crippen molar-refractivity contribution in [3.63, 3.8) is 0 Å². The van der Waals surface area contributed by atoms with Gasteiger partial charge in [-0.3, -0.25) is 0 Å². The van der Waals surface area contributed by atoms with Gasteiger partial charge in [-0.25, -0.2) is 0 Å². The average molecular weight is 290 g/mol. The lowest BCUT2D eigenvalue weighted by Crippen LogP contribution is -2.10. The van der Waals surface area contributed by atoms with E-state index in [1.54, 1.807) is 0 Å².